The van der Waals surface area contributed by atoms with Crippen LogP contribution in [0.25, 0.3) is 0 Å². The van der Waals surface area contributed by atoms with Crippen LogP contribution >= 0.6 is 0 Å². The van der Waals surface area contributed by atoms with Crippen LogP contribution in [0.2, 0.25) is 0 Å². The molecule has 0 radical (unpaired) electrons. The second-order valence-corrected chi connectivity index (χ2v) is 5.36. The van der Waals surface area contributed by atoms with Crippen molar-refractivity contribution in [1.82, 2.24) is 5.32 Å². The lowest BCUT2D eigenvalue weighted by atomic mass is 9.96. The summed E-state index contributed by atoms with van der Waals surface area (Å²) < 4.78 is 5.61. The van der Waals surface area contributed by atoms with Crippen molar-refractivity contribution in [2.24, 2.45) is 10.7 Å². The van der Waals surface area contributed by atoms with Crippen molar-refractivity contribution in [3.8, 4) is 5.75 Å². The second kappa shape index (κ2) is 5.51. The molecule has 0 bridgehead atoms. The third kappa shape index (κ3) is 2.83. The zero-order chi connectivity index (χ0) is 13.1. The van der Waals surface area contributed by atoms with Gasteiger partial charge in [-0.3, -0.25) is 0 Å². The number of nitrogens with zero attached hydrogens (tertiary/aromatic N) is 1. The van der Waals surface area contributed by atoms with Crippen molar-refractivity contribution < 1.29 is 4.74 Å². The van der Waals surface area contributed by atoms with Gasteiger partial charge in [0.25, 0.3) is 0 Å². The molecule has 1 fully saturated rings. The summed E-state index contributed by atoms with van der Waals surface area (Å²) >= 11 is 0. The molecule has 1 saturated carbocycles. The number of hydrogen-bond donors (Lipinski definition) is 2. The molecule has 1 aliphatic heterocycles. The molecule has 0 aromatic heterocycles. The molecule has 1 aliphatic carbocycles. The first-order valence-electron chi connectivity index (χ1n) is 7.14. The number of para-hydroxylation sites is 1. The van der Waals surface area contributed by atoms with Crippen molar-refractivity contribution in [3.05, 3.63) is 29.8 Å². The van der Waals surface area contributed by atoms with Gasteiger partial charge in [0.1, 0.15) is 18.4 Å². The van der Waals surface area contributed by atoms with Crippen LogP contribution < -0.4 is 15.8 Å². The second-order valence-electron chi connectivity index (χ2n) is 5.36. The number of fused-ring (bicyclic) bond motifs is 1. The van der Waals surface area contributed by atoms with E-state index in [0.717, 1.165) is 11.3 Å². The molecule has 4 nitrogen and oxygen atoms in total. The highest BCUT2D eigenvalue weighted by atomic mass is 16.5. The van der Waals surface area contributed by atoms with Crippen LogP contribution in [0.3, 0.4) is 0 Å². The minimum Gasteiger partial charge on any atom is -0.491 e. The highest BCUT2D eigenvalue weighted by molar-refractivity contribution is 5.78. The first-order valence-corrected chi connectivity index (χ1v) is 7.14. The van der Waals surface area contributed by atoms with Crippen LogP contribution in [0.1, 0.15) is 43.7 Å². The third-order valence-electron chi connectivity index (χ3n) is 3.93. The molecule has 0 saturated heterocycles. The number of benzene rings is 1. The van der Waals surface area contributed by atoms with Crippen molar-refractivity contribution in [2.45, 2.75) is 44.2 Å². The molecular formula is C15H21N3O. The lowest BCUT2D eigenvalue weighted by Gasteiger charge is -2.23. The summed E-state index contributed by atoms with van der Waals surface area (Å²) in [5.41, 5.74) is 7.16. The van der Waals surface area contributed by atoms with E-state index in [2.05, 4.69) is 16.4 Å². The van der Waals surface area contributed by atoms with Crippen LogP contribution in [0.5, 0.6) is 5.75 Å². The van der Waals surface area contributed by atoms with Gasteiger partial charge in [-0.1, -0.05) is 37.5 Å². The molecule has 1 aromatic carbocycles. The Bertz CT molecular complexity index is 466. The largest absolute Gasteiger partial charge is 0.491 e. The van der Waals surface area contributed by atoms with E-state index >= 15 is 0 Å². The SMILES string of the molecule is NC(=NC1COc2ccccc21)NC1CCCCC1. The Morgan fingerprint density at radius 2 is 2.00 bits per heavy atom. The number of ether oxygens (including phenoxy) is 1. The van der Waals surface area contributed by atoms with E-state index in [9.17, 15) is 0 Å². The highest BCUT2D eigenvalue weighted by Gasteiger charge is 2.23. The Labute approximate surface area is 114 Å². The zero-order valence-electron chi connectivity index (χ0n) is 11.1. The van der Waals surface area contributed by atoms with E-state index in [1.54, 1.807) is 0 Å². The smallest absolute Gasteiger partial charge is 0.189 e. The Balaban J connectivity index is 1.65. The zero-order valence-corrected chi connectivity index (χ0v) is 11.1. The van der Waals surface area contributed by atoms with E-state index in [4.69, 9.17) is 10.5 Å². The molecule has 19 heavy (non-hydrogen) atoms. The highest BCUT2D eigenvalue weighted by Crippen LogP contribution is 2.34. The molecule has 102 valence electrons. The normalized spacial score (nSPS) is 23.8. The number of nitrogens with two attached hydrogens (primary N) is 1. The predicted octanol–water partition coefficient (Wildman–Crippen LogP) is 2.36. The standard InChI is InChI=1S/C15H21N3O/c16-15(17-11-6-2-1-3-7-11)18-13-10-19-14-9-5-4-8-12(13)14/h4-5,8-9,11,13H,1-3,6-7,10H2,(H3,16,17,18). The van der Waals surface area contributed by atoms with Gasteiger partial charge in [0.2, 0.25) is 0 Å². The average molecular weight is 259 g/mol. The summed E-state index contributed by atoms with van der Waals surface area (Å²) in [4.78, 5) is 4.57. The molecule has 2 aliphatic rings. The number of nitrogens with one attached hydrogen (secondary N) is 1. The van der Waals surface area contributed by atoms with Crippen LogP contribution in [0.15, 0.2) is 29.3 Å². The van der Waals surface area contributed by atoms with Crippen molar-refractivity contribution in [2.75, 3.05) is 6.61 Å². The average Bonchev–Trinajstić information content (AvgIpc) is 2.83. The first kappa shape index (κ1) is 12.3. The van der Waals surface area contributed by atoms with Crippen LogP contribution in [-0.4, -0.2) is 18.6 Å². The maximum atomic E-state index is 6.02. The Kier molecular flexibility index (Phi) is 3.58. The molecule has 3 rings (SSSR count). The summed E-state index contributed by atoms with van der Waals surface area (Å²) in [6, 6.07) is 8.57. The number of rotatable bonds is 2. The molecule has 0 spiro atoms. The third-order valence-corrected chi connectivity index (χ3v) is 3.93. The minimum absolute atomic E-state index is 0.0345. The summed E-state index contributed by atoms with van der Waals surface area (Å²) in [5, 5.41) is 3.35. The van der Waals surface area contributed by atoms with Gasteiger partial charge in [-0.15, -0.1) is 0 Å². The number of guanidine groups is 1. The fourth-order valence-electron chi connectivity index (χ4n) is 2.91. The van der Waals surface area contributed by atoms with Gasteiger partial charge in [0, 0.05) is 11.6 Å². The van der Waals surface area contributed by atoms with Crippen molar-refractivity contribution in [3.63, 3.8) is 0 Å². The molecule has 4 heteroatoms. The van der Waals surface area contributed by atoms with Gasteiger partial charge in [-0.2, -0.15) is 0 Å². The Morgan fingerprint density at radius 1 is 1.21 bits per heavy atom. The number of hydrogen-bond acceptors (Lipinski definition) is 2. The van der Waals surface area contributed by atoms with E-state index in [1.165, 1.54) is 32.1 Å². The molecule has 1 unspecified atom stereocenters. The monoisotopic (exact) mass is 259 g/mol. The maximum Gasteiger partial charge on any atom is 0.189 e. The fraction of sp³-hybridized carbons (Fsp3) is 0.533. The van der Waals surface area contributed by atoms with Crippen LogP contribution in [0.4, 0.5) is 0 Å². The molecule has 1 heterocycles. The predicted molar refractivity (Wildman–Crippen MR) is 76.3 cm³/mol. The topological polar surface area (TPSA) is 59.6 Å². The van der Waals surface area contributed by atoms with Gasteiger partial charge in [-0.25, -0.2) is 4.99 Å². The summed E-state index contributed by atoms with van der Waals surface area (Å²) in [6.45, 7) is 0.590. The summed E-state index contributed by atoms with van der Waals surface area (Å²) in [7, 11) is 0. The molecule has 1 atom stereocenters. The number of aliphatic imine (C=N–C) groups is 1. The van der Waals surface area contributed by atoms with E-state index in [0.29, 0.717) is 18.6 Å². The lowest BCUT2D eigenvalue weighted by Crippen LogP contribution is -2.41. The Morgan fingerprint density at radius 3 is 2.84 bits per heavy atom. The maximum absolute atomic E-state index is 6.02. The van der Waals surface area contributed by atoms with E-state index in [1.807, 2.05) is 18.2 Å². The van der Waals surface area contributed by atoms with Crippen molar-refractivity contribution >= 4 is 5.96 Å². The van der Waals surface area contributed by atoms with Gasteiger partial charge in [0.15, 0.2) is 5.96 Å². The quantitative estimate of drug-likeness (QED) is 0.633. The molecular weight excluding hydrogens is 238 g/mol. The van der Waals surface area contributed by atoms with E-state index < -0.39 is 0 Å². The molecule has 0 amide bonds. The minimum atomic E-state index is 0.0345. The van der Waals surface area contributed by atoms with Gasteiger partial charge in [-0.05, 0) is 18.9 Å². The Hall–Kier alpha value is -1.71. The molecule has 3 N–H and O–H groups in total. The van der Waals surface area contributed by atoms with Crippen LogP contribution in [-0.2, 0) is 0 Å². The van der Waals surface area contributed by atoms with Crippen LogP contribution in [0, 0.1) is 0 Å². The van der Waals surface area contributed by atoms with Gasteiger partial charge in [0.05, 0.1) is 0 Å². The molecule has 1 aromatic rings. The summed E-state index contributed by atoms with van der Waals surface area (Å²) in [5.74, 6) is 1.49. The van der Waals surface area contributed by atoms with Crippen molar-refractivity contribution in [1.29, 1.82) is 0 Å². The van der Waals surface area contributed by atoms with E-state index in [-0.39, 0.29) is 6.04 Å². The fourth-order valence-corrected chi connectivity index (χ4v) is 2.91. The first-order chi connectivity index (χ1) is 9.33. The van der Waals surface area contributed by atoms with Gasteiger partial charge < -0.3 is 15.8 Å². The van der Waals surface area contributed by atoms with Gasteiger partial charge >= 0.3 is 0 Å². The lowest BCUT2D eigenvalue weighted by molar-refractivity contribution is 0.333. The summed E-state index contributed by atoms with van der Waals surface area (Å²) in [6.07, 6.45) is 6.33.